The number of rotatable bonds is 2. The summed E-state index contributed by atoms with van der Waals surface area (Å²) in [5, 5.41) is 9.62. The Morgan fingerprint density at radius 1 is 0.885 bits per heavy atom. The molecule has 2 aromatic carbocycles. The first-order chi connectivity index (χ1) is 12.6. The van der Waals surface area contributed by atoms with Gasteiger partial charge in [-0.25, -0.2) is 0 Å². The maximum atomic E-state index is 12.8. The van der Waals surface area contributed by atoms with Crippen LogP contribution in [0, 0.1) is 0 Å². The third kappa shape index (κ3) is 3.27. The van der Waals surface area contributed by atoms with Crippen molar-refractivity contribution in [2.45, 2.75) is 12.8 Å². The van der Waals surface area contributed by atoms with Crippen LogP contribution in [0.3, 0.4) is 0 Å². The van der Waals surface area contributed by atoms with Crippen LogP contribution < -0.4 is 9.80 Å². The lowest BCUT2D eigenvalue weighted by Gasteiger charge is -2.29. The van der Waals surface area contributed by atoms with Gasteiger partial charge in [0.1, 0.15) is 5.75 Å². The zero-order chi connectivity index (χ0) is 18.1. The minimum atomic E-state index is 0.00963. The fourth-order valence-corrected chi connectivity index (χ4v) is 3.87. The Morgan fingerprint density at radius 3 is 2.46 bits per heavy atom. The van der Waals surface area contributed by atoms with Gasteiger partial charge in [-0.1, -0.05) is 0 Å². The summed E-state index contributed by atoms with van der Waals surface area (Å²) >= 11 is 0. The molecule has 2 aliphatic heterocycles. The summed E-state index contributed by atoms with van der Waals surface area (Å²) in [5.41, 5.74) is 3.77. The van der Waals surface area contributed by atoms with Gasteiger partial charge in [0.15, 0.2) is 0 Å². The smallest absolute Gasteiger partial charge is 0.258 e. The van der Waals surface area contributed by atoms with Crippen molar-refractivity contribution in [1.29, 1.82) is 0 Å². The van der Waals surface area contributed by atoms with Crippen LogP contribution >= 0.6 is 0 Å². The quantitative estimate of drug-likeness (QED) is 0.904. The van der Waals surface area contributed by atoms with Gasteiger partial charge in [-0.3, -0.25) is 4.79 Å². The molecule has 2 aliphatic rings. The number of carbonyl (C=O) groups excluding carboxylic acids is 1. The van der Waals surface area contributed by atoms with Crippen molar-refractivity contribution < 1.29 is 9.90 Å². The maximum absolute atomic E-state index is 12.8. The maximum Gasteiger partial charge on any atom is 0.258 e. The highest BCUT2D eigenvalue weighted by molar-refractivity contribution is 6.08. The van der Waals surface area contributed by atoms with E-state index in [2.05, 4.69) is 29.0 Å². The fraction of sp³-hybridized carbons (Fsp3) is 0.381. The van der Waals surface area contributed by atoms with Crippen molar-refractivity contribution >= 4 is 17.3 Å². The van der Waals surface area contributed by atoms with Crippen LogP contribution in [0.1, 0.15) is 22.3 Å². The Kier molecular flexibility index (Phi) is 4.55. The van der Waals surface area contributed by atoms with Crippen molar-refractivity contribution in [3.05, 3.63) is 53.6 Å². The van der Waals surface area contributed by atoms with Gasteiger partial charge in [-0.05, 0) is 74.5 Å². The molecule has 5 nitrogen and oxygen atoms in total. The number of nitrogens with zero attached hydrogens (tertiary/aromatic N) is 3. The van der Waals surface area contributed by atoms with E-state index in [4.69, 9.17) is 0 Å². The summed E-state index contributed by atoms with van der Waals surface area (Å²) in [6.07, 6.45) is 1.93. The third-order valence-corrected chi connectivity index (χ3v) is 5.42. The summed E-state index contributed by atoms with van der Waals surface area (Å²) in [6, 6.07) is 13.4. The van der Waals surface area contributed by atoms with Gasteiger partial charge in [0.25, 0.3) is 5.91 Å². The molecule has 1 N–H and O–H groups in total. The number of phenolic OH excluding ortho intramolecular Hbond substituents is 1. The van der Waals surface area contributed by atoms with Crippen LogP contribution in [0.25, 0.3) is 0 Å². The van der Waals surface area contributed by atoms with Gasteiger partial charge in [-0.15, -0.1) is 0 Å². The Bertz CT molecular complexity index is 803. The van der Waals surface area contributed by atoms with Gasteiger partial charge in [0.2, 0.25) is 0 Å². The van der Waals surface area contributed by atoms with E-state index in [0.29, 0.717) is 12.1 Å². The predicted octanol–water partition coefficient (Wildman–Crippen LogP) is 2.74. The minimum Gasteiger partial charge on any atom is -0.508 e. The second kappa shape index (κ2) is 7.00. The van der Waals surface area contributed by atoms with Gasteiger partial charge >= 0.3 is 0 Å². The van der Waals surface area contributed by atoms with E-state index in [1.807, 2.05) is 17.0 Å². The van der Waals surface area contributed by atoms with E-state index < -0.39 is 0 Å². The summed E-state index contributed by atoms with van der Waals surface area (Å²) in [6.45, 7) is 4.98. The van der Waals surface area contributed by atoms with Crippen LogP contribution in [0.2, 0.25) is 0 Å². The van der Waals surface area contributed by atoms with E-state index in [1.165, 1.54) is 12.1 Å². The lowest BCUT2D eigenvalue weighted by atomic mass is 9.98. The largest absolute Gasteiger partial charge is 0.508 e. The highest BCUT2D eigenvalue weighted by Crippen LogP contribution is 2.28. The summed E-state index contributed by atoms with van der Waals surface area (Å²) < 4.78 is 0. The molecule has 0 spiro atoms. The lowest BCUT2D eigenvalue weighted by molar-refractivity contribution is 0.0980. The van der Waals surface area contributed by atoms with E-state index in [0.717, 1.165) is 43.9 Å². The molecule has 136 valence electrons. The molecule has 0 bridgehead atoms. The monoisotopic (exact) mass is 351 g/mol. The van der Waals surface area contributed by atoms with E-state index in [1.54, 1.807) is 18.2 Å². The standard InChI is InChI=1S/C21H25N3O2/c1-22-10-2-11-23(14-13-22)17-3-5-18(6-4-17)24-12-9-16-15-19(25)7-8-20(16)21(24)26/h3-8,15,25H,2,9-14H2,1H3. The van der Waals surface area contributed by atoms with Crippen LogP contribution in [-0.2, 0) is 6.42 Å². The second-order valence-corrected chi connectivity index (χ2v) is 7.21. The first kappa shape index (κ1) is 16.9. The molecular weight excluding hydrogens is 326 g/mol. The fourth-order valence-electron chi connectivity index (χ4n) is 3.87. The molecule has 0 aromatic heterocycles. The van der Waals surface area contributed by atoms with Crippen LogP contribution in [-0.4, -0.2) is 55.7 Å². The zero-order valence-electron chi connectivity index (χ0n) is 15.2. The first-order valence-electron chi connectivity index (χ1n) is 9.29. The molecule has 0 radical (unpaired) electrons. The predicted molar refractivity (Wildman–Crippen MR) is 104 cm³/mol. The number of aromatic hydroxyl groups is 1. The van der Waals surface area contributed by atoms with Gasteiger partial charge < -0.3 is 19.8 Å². The van der Waals surface area contributed by atoms with Crippen LogP contribution in [0.5, 0.6) is 5.75 Å². The molecule has 1 fully saturated rings. The molecule has 0 atom stereocenters. The molecule has 0 unspecified atom stereocenters. The Balaban J connectivity index is 1.52. The number of anilines is 2. The second-order valence-electron chi connectivity index (χ2n) is 7.21. The third-order valence-electron chi connectivity index (χ3n) is 5.42. The number of amides is 1. The number of fused-ring (bicyclic) bond motifs is 1. The van der Waals surface area contributed by atoms with Crippen molar-refractivity contribution in [2.24, 2.45) is 0 Å². The number of hydrogen-bond donors (Lipinski definition) is 1. The molecule has 5 heteroatoms. The molecule has 4 rings (SSSR count). The molecular formula is C21H25N3O2. The van der Waals surface area contributed by atoms with Gasteiger partial charge in [-0.2, -0.15) is 0 Å². The molecule has 0 saturated carbocycles. The normalized spacial score (nSPS) is 18.6. The summed E-state index contributed by atoms with van der Waals surface area (Å²) in [4.78, 5) is 19.4. The molecule has 1 saturated heterocycles. The highest BCUT2D eigenvalue weighted by Gasteiger charge is 2.25. The first-order valence-corrected chi connectivity index (χ1v) is 9.29. The molecule has 2 aromatic rings. The van der Waals surface area contributed by atoms with Crippen molar-refractivity contribution in [3.8, 4) is 5.75 Å². The summed E-state index contributed by atoms with van der Waals surface area (Å²) in [5.74, 6) is 0.229. The molecule has 0 aliphatic carbocycles. The van der Waals surface area contributed by atoms with Crippen LogP contribution in [0.15, 0.2) is 42.5 Å². The van der Waals surface area contributed by atoms with Crippen molar-refractivity contribution in [3.63, 3.8) is 0 Å². The lowest BCUT2D eigenvalue weighted by Crippen LogP contribution is -2.37. The summed E-state index contributed by atoms with van der Waals surface area (Å²) in [7, 11) is 2.17. The zero-order valence-corrected chi connectivity index (χ0v) is 15.2. The number of carbonyl (C=O) groups is 1. The van der Waals surface area contributed by atoms with Crippen molar-refractivity contribution in [2.75, 3.05) is 49.6 Å². The van der Waals surface area contributed by atoms with E-state index in [-0.39, 0.29) is 11.7 Å². The minimum absolute atomic E-state index is 0.00963. The van der Waals surface area contributed by atoms with Crippen molar-refractivity contribution in [1.82, 2.24) is 4.90 Å². The molecule has 26 heavy (non-hydrogen) atoms. The van der Waals surface area contributed by atoms with Gasteiger partial charge in [0, 0.05) is 43.1 Å². The number of benzene rings is 2. The van der Waals surface area contributed by atoms with Gasteiger partial charge in [0.05, 0.1) is 0 Å². The molecule has 2 heterocycles. The topological polar surface area (TPSA) is 47.0 Å². The number of hydrogen-bond acceptors (Lipinski definition) is 4. The van der Waals surface area contributed by atoms with E-state index >= 15 is 0 Å². The average Bonchev–Trinajstić information content (AvgIpc) is 2.87. The Labute approximate surface area is 154 Å². The highest BCUT2D eigenvalue weighted by atomic mass is 16.3. The Hall–Kier alpha value is -2.53. The molecule has 1 amide bonds. The van der Waals surface area contributed by atoms with Crippen LogP contribution in [0.4, 0.5) is 11.4 Å². The SMILES string of the molecule is CN1CCCN(c2ccc(N3CCc4cc(O)ccc4C3=O)cc2)CC1. The average molecular weight is 351 g/mol. The number of phenols is 1. The number of likely N-dealkylation sites (N-methyl/N-ethyl adjacent to an activating group) is 1. The van der Waals surface area contributed by atoms with E-state index in [9.17, 15) is 9.90 Å². The Morgan fingerprint density at radius 2 is 1.65 bits per heavy atom.